The van der Waals surface area contributed by atoms with Crippen molar-refractivity contribution in [3.05, 3.63) is 42.5 Å². The Balaban J connectivity index is 0.00000462. The zero-order chi connectivity index (χ0) is 29.7. The van der Waals surface area contributed by atoms with Crippen LogP contribution in [0.1, 0.15) is 63.2 Å². The van der Waals surface area contributed by atoms with Crippen molar-refractivity contribution in [2.45, 2.75) is 71.2 Å². The third-order valence-electron chi connectivity index (χ3n) is 9.77. The largest absolute Gasteiger partial charge is 1.00 e. The first-order chi connectivity index (χ1) is 18.6. The average molecular weight is 602 g/mol. The van der Waals surface area contributed by atoms with Gasteiger partial charge in [-0.2, -0.15) is 0 Å². The zero-order valence-electron chi connectivity index (χ0n) is 24.1. The van der Waals surface area contributed by atoms with E-state index in [1.165, 1.54) is 25.3 Å². The predicted molar refractivity (Wildman–Crippen MR) is 141 cm³/mol. The van der Waals surface area contributed by atoms with Gasteiger partial charge in [-0.3, -0.25) is 19.5 Å². The van der Waals surface area contributed by atoms with Crippen LogP contribution in [0.4, 0.5) is 4.79 Å². The van der Waals surface area contributed by atoms with Crippen molar-refractivity contribution in [3.8, 4) is 5.75 Å². The number of aliphatic hydroxyl groups is 1. The topological polar surface area (TPSA) is 172 Å². The fourth-order valence-corrected chi connectivity index (χ4v) is 7.97. The summed E-state index contributed by atoms with van der Waals surface area (Å²) in [6, 6.07) is 6.12. The molecule has 1 aromatic rings. The van der Waals surface area contributed by atoms with Gasteiger partial charge in [0.2, 0.25) is 0 Å². The van der Waals surface area contributed by atoms with Crippen molar-refractivity contribution in [2.75, 3.05) is 7.11 Å². The Kier molecular flexibility index (Phi) is 10.1. The summed E-state index contributed by atoms with van der Waals surface area (Å²) in [5, 5.41) is 13.0. The van der Waals surface area contributed by atoms with E-state index in [4.69, 9.17) is 14.0 Å². The number of phosphoric acid groups is 1. The van der Waals surface area contributed by atoms with Gasteiger partial charge < -0.3 is 28.9 Å². The van der Waals surface area contributed by atoms with Crippen LogP contribution in [0, 0.1) is 28.1 Å². The molecule has 2 bridgehead atoms. The number of methoxy groups -OCH3 is 1. The fourth-order valence-electron chi connectivity index (χ4n) is 7.34. The third kappa shape index (κ3) is 6.38. The van der Waals surface area contributed by atoms with Gasteiger partial charge in [-0.1, -0.05) is 26.8 Å². The molecule has 1 aromatic carbocycles. The predicted octanol–water partition coefficient (Wildman–Crippen LogP) is 0.139. The Bertz CT molecular complexity index is 1240. The second kappa shape index (κ2) is 12.2. The van der Waals surface area contributed by atoms with Gasteiger partial charge in [-0.05, 0) is 67.7 Å². The number of aliphatic hydroxyl groups excluding tert-OH is 1. The van der Waals surface area contributed by atoms with Crippen molar-refractivity contribution in [3.63, 3.8) is 0 Å². The van der Waals surface area contributed by atoms with E-state index in [9.17, 15) is 33.8 Å². The molecule has 3 saturated carbocycles. The third-order valence-corrected chi connectivity index (χ3v) is 10.3. The molecule has 11 nitrogen and oxygen atoms in total. The molecule has 41 heavy (non-hydrogen) atoms. The molecular formula is C28H37NNaO10P. The first-order valence-corrected chi connectivity index (χ1v) is 14.8. The van der Waals surface area contributed by atoms with Crippen molar-refractivity contribution in [1.82, 2.24) is 5.32 Å². The number of alkyl carbamates (subject to hydrolysis) is 1. The molecule has 9 atom stereocenters. The molecule has 4 rings (SSSR count). The van der Waals surface area contributed by atoms with E-state index in [1.54, 1.807) is 19.1 Å². The second-order valence-corrected chi connectivity index (χ2v) is 13.1. The van der Waals surface area contributed by atoms with Gasteiger partial charge in [0.15, 0.2) is 5.78 Å². The molecule has 2 amide bonds. The van der Waals surface area contributed by atoms with Gasteiger partial charge in [-0.25, -0.2) is 4.79 Å². The van der Waals surface area contributed by atoms with E-state index >= 15 is 0 Å². The van der Waals surface area contributed by atoms with Crippen molar-refractivity contribution in [1.29, 1.82) is 0 Å². The number of Topliss-reactive ketones (excluding diaryl/α,β-unsaturated/α-hetero) is 1. The van der Waals surface area contributed by atoms with E-state index in [-0.39, 0.29) is 60.3 Å². The normalized spacial score (nSPS) is 37.7. The summed E-state index contributed by atoms with van der Waals surface area (Å²) < 4.78 is 28.2. The number of amides is 2. The van der Waals surface area contributed by atoms with Gasteiger partial charge in [0.25, 0.3) is 13.7 Å². The maximum Gasteiger partial charge on any atom is 1.00 e. The molecule has 3 fully saturated rings. The standard InChI is InChI=1S/C28H38NO10P.Na/c1-6-26(3)14-21(38-25(33)29-24(32)17-7-9-18(37-5)10-8-17)27(4)16(2)11-12-28(13-19(30)22(31)23(27)28)15-20(26)39-40(34,35)36;/h6-10,16,19-21,23,30H,1,11-15H2,2-5H3,(H,29,32,33)(H2,34,35,36);/q;+1/p-1/t16-,19+,20+,21-,23+,26-,27+,28?;/m1./s1. The Morgan fingerprint density at radius 1 is 1.17 bits per heavy atom. The number of hydrogen-bond acceptors (Lipinski definition) is 9. The Labute approximate surface area is 261 Å². The molecule has 220 valence electrons. The smallest absolute Gasteiger partial charge is 0.756 e. The average Bonchev–Trinajstić information content (AvgIpc) is 3.14. The van der Waals surface area contributed by atoms with E-state index in [0.717, 1.165) is 0 Å². The van der Waals surface area contributed by atoms with Crippen LogP contribution in [0.15, 0.2) is 36.9 Å². The van der Waals surface area contributed by atoms with Crippen molar-refractivity contribution in [2.24, 2.45) is 28.1 Å². The maximum absolute atomic E-state index is 13.5. The van der Waals surface area contributed by atoms with Crippen LogP contribution in [-0.2, 0) is 18.6 Å². The summed E-state index contributed by atoms with van der Waals surface area (Å²) in [4.78, 5) is 61.1. The van der Waals surface area contributed by atoms with Crippen LogP contribution in [0.25, 0.3) is 0 Å². The van der Waals surface area contributed by atoms with E-state index in [2.05, 4.69) is 11.9 Å². The monoisotopic (exact) mass is 601 g/mol. The number of nitrogens with one attached hydrogen (secondary N) is 1. The molecule has 0 spiro atoms. The number of ether oxygens (including phenoxy) is 2. The molecule has 0 aromatic heterocycles. The summed E-state index contributed by atoms with van der Waals surface area (Å²) in [7, 11) is -3.73. The molecule has 3 aliphatic rings. The minimum absolute atomic E-state index is 0. The molecule has 2 unspecified atom stereocenters. The fraction of sp³-hybridized carbons (Fsp3) is 0.607. The number of phosphoric ester groups is 1. The van der Waals surface area contributed by atoms with Crippen LogP contribution in [0.5, 0.6) is 5.75 Å². The Hall–Kier alpha value is -1.56. The first kappa shape index (κ1) is 33.9. The van der Waals surface area contributed by atoms with E-state index < -0.39 is 66.1 Å². The molecule has 3 aliphatic carbocycles. The number of carbonyl (C=O) groups excluding carboxylic acids is 3. The van der Waals surface area contributed by atoms with E-state index in [1.807, 2.05) is 13.8 Å². The van der Waals surface area contributed by atoms with Gasteiger partial charge in [0.1, 0.15) is 18.0 Å². The van der Waals surface area contributed by atoms with Crippen molar-refractivity contribution < 1.29 is 77.4 Å². The molecule has 0 aliphatic heterocycles. The number of ketones is 1. The molecule has 0 radical (unpaired) electrons. The van der Waals surface area contributed by atoms with Gasteiger partial charge in [0.05, 0.1) is 13.2 Å². The molecule has 3 N–H and O–H groups in total. The van der Waals surface area contributed by atoms with Crippen molar-refractivity contribution >= 4 is 25.6 Å². The number of benzene rings is 1. The van der Waals surface area contributed by atoms with Gasteiger partial charge >= 0.3 is 35.7 Å². The summed E-state index contributed by atoms with van der Waals surface area (Å²) in [5.74, 6) is -1.48. The van der Waals surface area contributed by atoms with Crippen LogP contribution in [0.3, 0.4) is 0 Å². The maximum atomic E-state index is 13.5. The van der Waals surface area contributed by atoms with Crippen LogP contribution < -0.4 is 44.5 Å². The summed E-state index contributed by atoms with van der Waals surface area (Å²) >= 11 is 0. The number of hydrogen-bond donors (Lipinski definition) is 3. The second-order valence-electron chi connectivity index (χ2n) is 12.0. The molecular weight excluding hydrogens is 564 g/mol. The number of carbonyl (C=O) groups is 3. The van der Waals surface area contributed by atoms with Crippen LogP contribution in [0.2, 0.25) is 0 Å². The van der Waals surface area contributed by atoms with Crippen LogP contribution in [-0.4, -0.2) is 53.2 Å². The minimum Gasteiger partial charge on any atom is -0.756 e. The molecule has 13 heteroatoms. The van der Waals surface area contributed by atoms with E-state index in [0.29, 0.717) is 18.6 Å². The van der Waals surface area contributed by atoms with Gasteiger partial charge in [0, 0.05) is 22.3 Å². The molecule has 0 saturated heterocycles. The summed E-state index contributed by atoms with van der Waals surface area (Å²) in [5.41, 5.74) is -2.78. The quantitative estimate of drug-likeness (QED) is 0.231. The zero-order valence-corrected chi connectivity index (χ0v) is 27.0. The minimum atomic E-state index is -5.22. The summed E-state index contributed by atoms with van der Waals surface area (Å²) in [6.45, 7) is 9.38. The Morgan fingerprint density at radius 2 is 1.80 bits per heavy atom. The number of rotatable bonds is 6. The first-order valence-electron chi connectivity index (χ1n) is 13.3. The summed E-state index contributed by atoms with van der Waals surface area (Å²) in [6.07, 6.45) is -1.69. The SMILES string of the molecule is C=C[C@]1(C)C[C@@H](OC(=O)NC(=O)c2ccc(OC)cc2)[C@]2(C)[C@H](C)CCC3(C[C@@H]1OP(=O)([O-])O)C[C@H](O)C(=O)[C@H]32.[Na+]. The van der Waals surface area contributed by atoms with Crippen LogP contribution >= 0.6 is 7.82 Å². The number of imide groups is 1. The molecule has 0 heterocycles. The van der Waals surface area contributed by atoms with Gasteiger partial charge in [-0.15, -0.1) is 6.58 Å². The Morgan fingerprint density at radius 3 is 2.37 bits per heavy atom.